The minimum absolute atomic E-state index is 0.123. The van der Waals surface area contributed by atoms with Gasteiger partial charge in [-0.05, 0) is 36.6 Å². The van der Waals surface area contributed by atoms with Crippen molar-refractivity contribution in [3.63, 3.8) is 0 Å². The largest absolute Gasteiger partial charge is 0.419 e. The molecule has 2 N–H and O–H groups in total. The summed E-state index contributed by atoms with van der Waals surface area (Å²) in [4.78, 5) is 11.5. The van der Waals surface area contributed by atoms with Crippen molar-refractivity contribution in [2.75, 3.05) is 0 Å². The number of fused-ring (bicyclic) bond motifs is 1. The number of nitrogens with zero attached hydrogens (tertiary/aromatic N) is 1. The van der Waals surface area contributed by atoms with Gasteiger partial charge in [0, 0.05) is 13.1 Å². The van der Waals surface area contributed by atoms with Crippen LogP contribution in [-0.2, 0) is 13.5 Å². The SMILES string of the molecule is Cc1cccc(CC(N)c2ccc3c(c2)oc(=O)n3C)c1. The lowest BCUT2D eigenvalue weighted by Gasteiger charge is -2.12. The van der Waals surface area contributed by atoms with Crippen molar-refractivity contribution in [3.8, 4) is 0 Å². The van der Waals surface area contributed by atoms with Crippen LogP contribution in [0, 0.1) is 6.92 Å². The molecule has 4 heteroatoms. The van der Waals surface area contributed by atoms with Crippen LogP contribution in [0.3, 0.4) is 0 Å². The smallest absolute Gasteiger partial charge is 0.408 e. The molecule has 1 atom stereocenters. The average molecular weight is 282 g/mol. The van der Waals surface area contributed by atoms with Gasteiger partial charge in [0.2, 0.25) is 0 Å². The van der Waals surface area contributed by atoms with E-state index in [-0.39, 0.29) is 11.8 Å². The van der Waals surface area contributed by atoms with E-state index < -0.39 is 0 Å². The molecule has 0 aliphatic carbocycles. The van der Waals surface area contributed by atoms with Crippen molar-refractivity contribution in [1.29, 1.82) is 0 Å². The average Bonchev–Trinajstić information content (AvgIpc) is 2.73. The summed E-state index contributed by atoms with van der Waals surface area (Å²) in [5, 5.41) is 0. The Morgan fingerprint density at radius 2 is 2.05 bits per heavy atom. The lowest BCUT2D eigenvalue weighted by molar-refractivity contribution is 0.527. The van der Waals surface area contributed by atoms with Crippen LogP contribution in [0.1, 0.15) is 22.7 Å². The summed E-state index contributed by atoms with van der Waals surface area (Å²) >= 11 is 0. The maximum absolute atomic E-state index is 11.5. The quantitative estimate of drug-likeness (QED) is 0.803. The minimum atomic E-state index is -0.352. The van der Waals surface area contributed by atoms with Gasteiger partial charge >= 0.3 is 5.76 Å². The van der Waals surface area contributed by atoms with E-state index in [0.717, 1.165) is 17.5 Å². The van der Waals surface area contributed by atoms with Crippen molar-refractivity contribution in [2.45, 2.75) is 19.4 Å². The molecule has 0 spiro atoms. The van der Waals surface area contributed by atoms with Crippen LogP contribution in [0.15, 0.2) is 51.7 Å². The Bertz CT molecular complexity index is 845. The molecule has 1 heterocycles. The van der Waals surface area contributed by atoms with Gasteiger partial charge in [0.05, 0.1) is 5.52 Å². The molecule has 0 aliphatic heterocycles. The molecule has 2 aromatic carbocycles. The summed E-state index contributed by atoms with van der Waals surface area (Å²) in [6.45, 7) is 2.07. The fraction of sp³-hybridized carbons (Fsp3) is 0.235. The normalized spacial score (nSPS) is 12.7. The Balaban J connectivity index is 1.91. The van der Waals surface area contributed by atoms with Gasteiger partial charge in [-0.15, -0.1) is 0 Å². The second-order valence-electron chi connectivity index (χ2n) is 5.45. The zero-order valence-electron chi connectivity index (χ0n) is 12.2. The van der Waals surface area contributed by atoms with Gasteiger partial charge < -0.3 is 10.2 Å². The first-order valence-electron chi connectivity index (χ1n) is 6.95. The first-order chi connectivity index (χ1) is 10.0. The Hall–Kier alpha value is -2.33. The molecule has 3 rings (SSSR count). The van der Waals surface area contributed by atoms with Crippen LogP contribution >= 0.6 is 0 Å². The summed E-state index contributed by atoms with van der Waals surface area (Å²) in [5.74, 6) is -0.352. The summed E-state index contributed by atoms with van der Waals surface area (Å²) < 4.78 is 6.70. The van der Waals surface area contributed by atoms with Crippen molar-refractivity contribution in [2.24, 2.45) is 12.8 Å². The molecule has 0 radical (unpaired) electrons. The summed E-state index contributed by atoms with van der Waals surface area (Å²) in [5.41, 5.74) is 11.1. The highest BCUT2D eigenvalue weighted by Gasteiger charge is 2.11. The van der Waals surface area contributed by atoms with Crippen LogP contribution in [0.2, 0.25) is 0 Å². The summed E-state index contributed by atoms with van der Waals surface area (Å²) in [6, 6.07) is 13.9. The van der Waals surface area contributed by atoms with Gasteiger partial charge in [0.25, 0.3) is 0 Å². The molecule has 0 aliphatic rings. The monoisotopic (exact) mass is 282 g/mol. The highest BCUT2D eigenvalue weighted by Crippen LogP contribution is 2.21. The van der Waals surface area contributed by atoms with E-state index in [1.165, 1.54) is 15.7 Å². The molecule has 0 saturated heterocycles. The molecule has 0 amide bonds. The fourth-order valence-electron chi connectivity index (χ4n) is 2.59. The number of nitrogens with two attached hydrogens (primary N) is 1. The van der Waals surface area contributed by atoms with E-state index >= 15 is 0 Å². The van der Waals surface area contributed by atoms with Gasteiger partial charge in [0.1, 0.15) is 0 Å². The molecule has 0 fully saturated rings. The molecular weight excluding hydrogens is 264 g/mol. The molecule has 1 unspecified atom stereocenters. The topological polar surface area (TPSA) is 61.2 Å². The minimum Gasteiger partial charge on any atom is -0.408 e. The zero-order valence-corrected chi connectivity index (χ0v) is 12.2. The third kappa shape index (κ3) is 2.62. The molecule has 108 valence electrons. The Morgan fingerprint density at radius 3 is 2.81 bits per heavy atom. The van der Waals surface area contributed by atoms with Crippen molar-refractivity contribution in [1.82, 2.24) is 4.57 Å². The van der Waals surface area contributed by atoms with Crippen molar-refractivity contribution in [3.05, 3.63) is 69.7 Å². The predicted octanol–water partition coefficient (Wildman–Crippen LogP) is 2.68. The van der Waals surface area contributed by atoms with E-state index in [1.54, 1.807) is 7.05 Å². The van der Waals surface area contributed by atoms with Crippen molar-refractivity contribution >= 4 is 11.1 Å². The third-order valence-corrected chi connectivity index (χ3v) is 3.78. The van der Waals surface area contributed by atoms with Crippen LogP contribution in [0.5, 0.6) is 0 Å². The second-order valence-corrected chi connectivity index (χ2v) is 5.45. The first kappa shape index (κ1) is 13.6. The first-order valence-corrected chi connectivity index (χ1v) is 6.95. The standard InChI is InChI=1S/C17H18N2O2/c1-11-4-3-5-12(8-11)9-14(18)13-6-7-15-16(10-13)21-17(20)19(15)2/h3-8,10,14H,9,18H2,1-2H3. The Morgan fingerprint density at radius 1 is 1.24 bits per heavy atom. The number of hydrogen-bond donors (Lipinski definition) is 1. The Labute approximate surface area is 122 Å². The fourth-order valence-corrected chi connectivity index (χ4v) is 2.59. The summed E-state index contributed by atoms with van der Waals surface area (Å²) in [6.07, 6.45) is 0.754. The highest BCUT2D eigenvalue weighted by molar-refractivity contribution is 5.73. The van der Waals surface area contributed by atoms with E-state index in [0.29, 0.717) is 5.58 Å². The summed E-state index contributed by atoms with van der Waals surface area (Å²) in [7, 11) is 1.69. The molecular formula is C17H18N2O2. The lowest BCUT2D eigenvalue weighted by atomic mass is 9.98. The van der Waals surface area contributed by atoms with E-state index in [2.05, 4.69) is 25.1 Å². The van der Waals surface area contributed by atoms with Crippen LogP contribution < -0.4 is 11.5 Å². The van der Waals surface area contributed by atoms with Crippen LogP contribution in [-0.4, -0.2) is 4.57 Å². The van der Waals surface area contributed by atoms with E-state index in [1.807, 2.05) is 24.3 Å². The maximum atomic E-state index is 11.5. The molecule has 3 aromatic rings. The van der Waals surface area contributed by atoms with Gasteiger partial charge in [-0.2, -0.15) is 0 Å². The molecule has 21 heavy (non-hydrogen) atoms. The predicted molar refractivity (Wildman–Crippen MR) is 83.3 cm³/mol. The lowest BCUT2D eigenvalue weighted by Crippen LogP contribution is -2.13. The van der Waals surface area contributed by atoms with E-state index in [4.69, 9.17) is 10.2 Å². The number of aryl methyl sites for hydroxylation is 2. The Kier molecular flexibility index (Phi) is 3.39. The van der Waals surface area contributed by atoms with Crippen LogP contribution in [0.4, 0.5) is 0 Å². The third-order valence-electron chi connectivity index (χ3n) is 3.78. The van der Waals surface area contributed by atoms with E-state index in [9.17, 15) is 4.79 Å². The van der Waals surface area contributed by atoms with Crippen molar-refractivity contribution < 1.29 is 4.42 Å². The number of rotatable bonds is 3. The number of benzene rings is 2. The highest BCUT2D eigenvalue weighted by atomic mass is 16.4. The van der Waals surface area contributed by atoms with Gasteiger partial charge in [-0.1, -0.05) is 35.9 Å². The molecule has 0 saturated carbocycles. The second kappa shape index (κ2) is 5.22. The number of aromatic nitrogens is 1. The molecule has 0 bridgehead atoms. The number of hydrogen-bond acceptors (Lipinski definition) is 3. The van der Waals surface area contributed by atoms with Gasteiger partial charge in [-0.25, -0.2) is 4.79 Å². The van der Waals surface area contributed by atoms with Gasteiger partial charge in [0.15, 0.2) is 5.58 Å². The maximum Gasteiger partial charge on any atom is 0.419 e. The number of oxazole rings is 1. The molecule has 4 nitrogen and oxygen atoms in total. The van der Waals surface area contributed by atoms with Gasteiger partial charge in [-0.3, -0.25) is 4.57 Å². The zero-order chi connectivity index (χ0) is 15.0. The molecule has 1 aromatic heterocycles. The van der Waals surface area contributed by atoms with Crippen LogP contribution in [0.25, 0.3) is 11.1 Å².